The van der Waals surface area contributed by atoms with Gasteiger partial charge in [0.1, 0.15) is 5.76 Å². The van der Waals surface area contributed by atoms with Gasteiger partial charge in [-0.25, -0.2) is 14.0 Å². The molecular formula is C20H29N5O4. The maximum Gasteiger partial charge on any atom is 0.442 e. The molecular weight excluding hydrogens is 374 g/mol. The van der Waals surface area contributed by atoms with Crippen molar-refractivity contribution in [2.24, 2.45) is 5.41 Å². The van der Waals surface area contributed by atoms with Crippen LogP contribution in [-0.2, 0) is 6.54 Å². The Morgan fingerprint density at radius 1 is 1.14 bits per heavy atom. The van der Waals surface area contributed by atoms with E-state index >= 15 is 0 Å². The fraction of sp³-hybridized carbons (Fsp3) is 0.600. The van der Waals surface area contributed by atoms with Crippen LogP contribution in [0.3, 0.4) is 0 Å². The van der Waals surface area contributed by atoms with Crippen molar-refractivity contribution >= 4 is 5.82 Å². The van der Waals surface area contributed by atoms with Crippen LogP contribution in [0.25, 0.3) is 11.5 Å². The summed E-state index contributed by atoms with van der Waals surface area (Å²) in [5, 5.41) is 15.3. The van der Waals surface area contributed by atoms with Crippen molar-refractivity contribution in [2.45, 2.75) is 72.9 Å². The third-order valence-corrected chi connectivity index (χ3v) is 5.52. The van der Waals surface area contributed by atoms with Crippen LogP contribution in [-0.4, -0.2) is 25.6 Å². The van der Waals surface area contributed by atoms with Crippen LogP contribution in [0.2, 0.25) is 0 Å². The van der Waals surface area contributed by atoms with E-state index in [1.165, 1.54) is 4.57 Å². The van der Waals surface area contributed by atoms with Gasteiger partial charge in [-0.05, 0) is 54.6 Å². The summed E-state index contributed by atoms with van der Waals surface area (Å²) in [5.74, 6) is 0.661. The molecule has 1 N–H and O–H groups in total. The van der Waals surface area contributed by atoms with Crippen LogP contribution in [0.1, 0.15) is 65.2 Å². The van der Waals surface area contributed by atoms with E-state index < -0.39 is 5.76 Å². The first kappa shape index (κ1) is 20.9. The second-order valence-electron chi connectivity index (χ2n) is 8.61. The molecule has 0 aliphatic carbocycles. The molecule has 0 saturated heterocycles. The lowest BCUT2D eigenvalue weighted by Gasteiger charge is -2.37. The molecule has 0 spiro atoms. The van der Waals surface area contributed by atoms with Crippen molar-refractivity contribution in [3.8, 4) is 11.5 Å². The van der Waals surface area contributed by atoms with Gasteiger partial charge in [0.25, 0.3) is 0 Å². The topological polar surface area (TPSA) is 112 Å². The summed E-state index contributed by atoms with van der Waals surface area (Å²) in [6.45, 7) is 13.0. The lowest BCUT2D eigenvalue weighted by atomic mass is 9.75. The monoisotopic (exact) mass is 403 g/mol. The number of furan rings is 1. The van der Waals surface area contributed by atoms with Gasteiger partial charge in [0.05, 0.1) is 12.8 Å². The maximum atomic E-state index is 12.2. The van der Waals surface area contributed by atoms with E-state index in [9.17, 15) is 4.79 Å². The summed E-state index contributed by atoms with van der Waals surface area (Å²) in [6, 6.07) is 1.85. The fourth-order valence-corrected chi connectivity index (χ4v) is 3.66. The molecule has 0 bridgehead atoms. The summed E-state index contributed by atoms with van der Waals surface area (Å²) in [5.41, 5.74) is 1.21. The highest BCUT2D eigenvalue weighted by Crippen LogP contribution is 2.37. The van der Waals surface area contributed by atoms with Gasteiger partial charge in [-0.3, -0.25) is 4.52 Å². The second kappa shape index (κ2) is 7.88. The largest absolute Gasteiger partial charge is 0.467 e. The molecule has 0 fully saturated rings. The molecule has 158 valence electrons. The quantitative estimate of drug-likeness (QED) is 0.564. The Balaban J connectivity index is 1.88. The first-order chi connectivity index (χ1) is 13.7. The minimum absolute atomic E-state index is 0.172. The van der Waals surface area contributed by atoms with Crippen LogP contribution in [0.5, 0.6) is 0 Å². The molecule has 0 aliphatic rings. The zero-order chi connectivity index (χ0) is 21.2. The van der Waals surface area contributed by atoms with Gasteiger partial charge in [0.15, 0.2) is 5.69 Å². The summed E-state index contributed by atoms with van der Waals surface area (Å²) < 4.78 is 16.6. The zero-order valence-electron chi connectivity index (χ0n) is 17.9. The number of hydrogen-bond donors (Lipinski definition) is 1. The Kier molecular flexibility index (Phi) is 5.68. The zero-order valence-corrected chi connectivity index (χ0v) is 17.9. The molecule has 3 aromatic heterocycles. The average Bonchev–Trinajstić information content (AvgIpc) is 3.36. The molecule has 29 heavy (non-hydrogen) atoms. The van der Waals surface area contributed by atoms with Crippen LogP contribution < -0.4 is 11.1 Å². The number of aromatic nitrogens is 4. The van der Waals surface area contributed by atoms with Crippen molar-refractivity contribution in [1.82, 2.24) is 20.0 Å². The molecule has 3 rings (SSSR count). The van der Waals surface area contributed by atoms with E-state index in [1.54, 1.807) is 6.26 Å². The summed E-state index contributed by atoms with van der Waals surface area (Å²) in [6.07, 6.45) is 4.70. The molecule has 9 heteroatoms. The van der Waals surface area contributed by atoms with E-state index in [0.717, 1.165) is 24.8 Å². The molecule has 0 radical (unpaired) electrons. The van der Waals surface area contributed by atoms with E-state index in [2.05, 4.69) is 55.4 Å². The number of hydrogen-bond acceptors (Lipinski definition) is 8. The number of rotatable bonds is 9. The van der Waals surface area contributed by atoms with Gasteiger partial charge in [-0.1, -0.05) is 38.8 Å². The summed E-state index contributed by atoms with van der Waals surface area (Å²) >= 11 is 0. The predicted octanol–water partition coefficient (Wildman–Crippen LogP) is 4.24. The number of anilines is 1. The highest BCUT2D eigenvalue weighted by molar-refractivity contribution is 5.65. The lowest BCUT2D eigenvalue weighted by molar-refractivity contribution is 0.225. The number of nitrogens with one attached hydrogen (secondary N) is 1. The van der Waals surface area contributed by atoms with E-state index in [1.807, 2.05) is 13.0 Å². The SMILES string of the molecule is CCC(C)(CC)CC(C)(C)Nc1nonc1-c1noc(=O)n1Cc1cc(C)co1. The summed E-state index contributed by atoms with van der Waals surface area (Å²) in [7, 11) is 0. The second-order valence-corrected chi connectivity index (χ2v) is 8.61. The van der Waals surface area contributed by atoms with E-state index in [0.29, 0.717) is 17.3 Å². The van der Waals surface area contributed by atoms with Crippen LogP contribution >= 0.6 is 0 Å². The van der Waals surface area contributed by atoms with Crippen molar-refractivity contribution < 1.29 is 13.6 Å². The molecule has 9 nitrogen and oxygen atoms in total. The normalized spacial score (nSPS) is 12.5. The molecule has 0 amide bonds. The molecule has 0 atom stereocenters. The minimum atomic E-state index is -0.605. The number of nitrogens with zero attached hydrogens (tertiary/aromatic N) is 4. The van der Waals surface area contributed by atoms with Crippen molar-refractivity contribution in [1.29, 1.82) is 0 Å². The molecule has 0 aromatic carbocycles. The fourth-order valence-electron chi connectivity index (χ4n) is 3.66. The Morgan fingerprint density at radius 2 is 1.86 bits per heavy atom. The molecule has 3 aromatic rings. The van der Waals surface area contributed by atoms with Crippen LogP contribution in [0, 0.1) is 12.3 Å². The first-order valence-electron chi connectivity index (χ1n) is 9.88. The third-order valence-electron chi connectivity index (χ3n) is 5.52. The maximum absolute atomic E-state index is 12.2. The van der Waals surface area contributed by atoms with Gasteiger partial charge in [0.2, 0.25) is 11.6 Å². The highest BCUT2D eigenvalue weighted by atomic mass is 16.6. The van der Waals surface area contributed by atoms with Crippen LogP contribution in [0.4, 0.5) is 5.82 Å². The smallest absolute Gasteiger partial charge is 0.442 e. The Bertz CT molecular complexity index is 1010. The van der Waals surface area contributed by atoms with E-state index in [-0.39, 0.29) is 23.3 Å². The van der Waals surface area contributed by atoms with Gasteiger partial charge in [-0.2, -0.15) is 0 Å². The highest BCUT2D eigenvalue weighted by Gasteiger charge is 2.32. The molecule has 3 heterocycles. The van der Waals surface area contributed by atoms with Gasteiger partial charge in [-0.15, -0.1) is 0 Å². The molecule has 0 aliphatic heterocycles. The standard InChI is InChI=1S/C20H29N5O4/c1-7-20(6,8-2)12-19(4,5)21-16-15(22-29-23-16)17-24-28-18(26)25(17)10-14-9-13(3)11-27-14/h9,11H,7-8,10,12H2,1-6H3,(H,21,23). The van der Waals surface area contributed by atoms with Gasteiger partial charge < -0.3 is 9.73 Å². The Hall–Kier alpha value is -2.84. The van der Waals surface area contributed by atoms with Gasteiger partial charge >= 0.3 is 5.76 Å². The van der Waals surface area contributed by atoms with Crippen molar-refractivity contribution in [3.63, 3.8) is 0 Å². The van der Waals surface area contributed by atoms with Gasteiger partial charge in [0, 0.05) is 5.54 Å². The third kappa shape index (κ3) is 4.60. The lowest BCUT2D eigenvalue weighted by Crippen LogP contribution is -2.37. The van der Waals surface area contributed by atoms with Crippen molar-refractivity contribution in [3.05, 3.63) is 34.2 Å². The van der Waals surface area contributed by atoms with Crippen LogP contribution in [0.15, 0.2) is 30.7 Å². The molecule has 0 unspecified atom stereocenters. The summed E-state index contributed by atoms with van der Waals surface area (Å²) in [4.78, 5) is 12.2. The first-order valence-corrected chi connectivity index (χ1v) is 9.88. The predicted molar refractivity (Wildman–Crippen MR) is 108 cm³/mol. The minimum Gasteiger partial charge on any atom is -0.467 e. The van der Waals surface area contributed by atoms with E-state index in [4.69, 9.17) is 13.6 Å². The molecule has 0 saturated carbocycles. The number of aryl methyl sites for hydroxylation is 1. The average molecular weight is 403 g/mol. The Labute approximate surface area is 169 Å². The van der Waals surface area contributed by atoms with Crippen molar-refractivity contribution in [2.75, 3.05) is 5.32 Å². The Morgan fingerprint density at radius 3 is 2.48 bits per heavy atom.